The molecule has 5 rings (SSSR count). The van der Waals surface area contributed by atoms with E-state index >= 15 is 0 Å². The quantitative estimate of drug-likeness (QED) is 0.426. The summed E-state index contributed by atoms with van der Waals surface area (Å²) in [5, 5.41) is 12.4. The van der Waals surface area contributed by atoms with Crippen LogP contribution in [-0.4, -0.2) is 44.9 Å². The minimum atomic E-state index is -0.211. The number of carbonyl (C=O) groups excluding carboxylic acids is 2. The van der Waals surface area contributed by atoms with E-state index in [9.17, 15) is 9.59 Å². The number of anilines is 1. The summed E-state index contributed by atoms with van der Waals surface area (Å²) in [6, 6.07) is 14.5. The highest BCUT2D eigenvalue weighted by Crippen LogP contribution is 2.28. The summed E-state index contributed by atoms with van der Waals surface area (Å²) in [6.07, 6.45) is 0.900. The molecule has 0 aliphatic carbocycles. The zero-order chi connectivity index (χ0) is 23.5. The molecule has 2 aromatic carbocycles. The van der Waals surface area contributed by atoms with E-state index in [2.05, 4.69) is 37.2 Å². The van der Waals surface area contributed by atoms with E-state index < -0.39 is 0 Å². The van der Waals surface area contributed by atoms with Gasteiger partial charge in [-0.3, -0.25) is 14.9 Å². The van der Waals surface area contributed by atoms with Gasteiger partial charge >= 0.3 is 0 Å². The Labute approximate surface area is 204 Å². The molecule has 0 atom stereocenters. The van der Waals surface area contributed by atoms with Crippen LogP contribution in [0.4, 0.5) is 5.13 Å². The van der Waals surface area contributed by atoms with Crippen molar-refractivity contribution in [3.8, 4) is 11.3 Å². The van der Waals surface area contributed by atoms with Crippen molar-refractivity contribution in [3.63, 3.8) is 0 Å². The van der Waals surface area contributed by atoms with Crippen LogP contribution in [0, 0.1) is 0 Å². The van der Waals surface area contributed by atoms with E-state index in [1.807, 2.05) is 29.6 Å². The topological polar surface area (TPSA) is 100 Å². The predicted octanol–water partition coefficient (Wildman–Crippen LogP) is 3.83. The van der Waals surface area contributed by atoms with Gasteiger partial charge in [-0.05, 0) is 48.4 Å². The predicted molar refractivity (Wildman–Crippen MR) is 133 cm³/mol. The first-order valence-electron chi connectivity index (χ1n) is 10.8. The molecule has 0 unspecified atom stereocenters. The molecule has 0 saturated carbocycles. The Kier molecular flexibility index (Phi) is 6.43. The van der Waals surface area contributed by atoms with Crippen LogP contribution in [0.2, 0.25) is 0 Å². The monoisotopic (exact) mass is 490 g/mol. The lowest BCUT2D eigenvalue weighted by Crippen LogP contribution is -2.25. The zero-order valence-corrected chi connectivity index (χ0v) is 20.1. The maximum atomic E-state index is 12.8. The summed E-state index contributed by atoms with van der Waals surface area (Å²) in [6.45, 7) is 2.15. The highest BCUT2D eigenvalue weighted by molar-refractivity contribution is 7.15. The Morgan fingerprint density at radius 2 is 1.91 bits per heavy atom. The number of amides is 2. The minimum absolute atomic E-state index is 0.196. The highest BCUT2D eigenvalue weighted by Gasteiger charge is 2.19. The van der Waals surface area contributed by atoms with Crippen LogP contribution in [0.1, 0.15) is 36.9 Å². The van der Waals surface area contributed by atoms with Gasteiger partial charge in [-0.15, -0.1) is 16.4 Å². The maximum Gasteiger partial charge on any atom is 0.257 e. The second-order valence-corrected chi connectivity index (χ2v) is 9.78. The number of nitrogens with one attached hydrogen (secondary N) is 2. The van der Waals surface area contributed by atoms with Crippen molar-refractivity contribution in [2.45, 2.75) is 19.5 Å². The molecule has 2 N–H and O–H groups in total. The highest BCUT2D eigenvalue weighted by atomic mass is 32.1. The van der Waals surface area contributed by atoms with Gasteiger partial charge in [-0.25, -0.2) is 4.98 Å². The molecule has 1 aliphatic heterocycles. The standard InChI is InChI=1S/C24H22N6O2S2/c1-30-9-8-19-21(13-30)34-24(26-19)27-23(32)17-6-2-4-15(10-17)12-25-22(31)18-7-3-5-16(11-18)20-14-33-29-28-20/h2-7,10-11,14H,8-9,12-13H2,1H3,(H,25,31)(H,26,27,32). The number of nitrogens with zero attached hydrogens (tertiary/aromatic N) is 4. The lowest BCUT2D eigenvalue weighted by molar-refractivity contribution is 0.0950. The molecule has 4 aromatic rings. The van der Waals surface area contributed by atoms with Gasteiger partial charge in [0.15, 0.2) is 5.13 Å². The van der Waals surface area contributed by atoms with Crippen molar-refractivity contribution >= 4 is 39.8 Å². The van der Waals surface area contributed by atoms with Crippen molar-refractivity contribution in [1.29, 1.82) is 0 Å². The molecule has 34 heavy (non-hydrogen) atoms. The van der Waals surface area contributed by atoms with Gasteiger partial charge in [-0.2, -0.15) is 0 Å². The Hall–Kier alpha value is -3.47. The Balaban J connectivity index is 1.22. The van der Waals surface area contributed by atoms with E-state index in [-0.39, 0.29) is 11.8 Å². The molecule has 172 valence electrons. The van der Waals surface area contributed by atoms with E-state index in [0.717, 1.165) is 42.0 Å². The molecule has 0 fully saturated rings. The van der Waals surface area contributed by atoms with Crippen LogP contribution in [0.15, 0.2) is 53.9 Å². The lowest BCUT2D eigenvalue weighted by Gasteiger charge is -2.20. The molecule has 10 heteroatoms. The summed E-state index contributed by atoms with van der Waals surface area (Å²) in [5.74, 6) is -0.407. The van der Waals surface area contributed by atoms with Crippen molar-refractivity contribution in [3.05, 3.63) is 81.2 Å². The summed E-state index contributed by atoms with van der Waals surface area (Å²) >= 11 is 2.80. The third-order valence-electron chi connectivity index (χ3n) is 5.57. The molecule has 8 nitrogen and oxygen atoms in total. The molecule has 2 amide bonds. The minimum Gasteiger partial charge on any atom is -0.348 e. The fourth-order valence-corrected chi connectivity index (χ4v) is 5.31. The van der Waals surface area contributed by atoms with E-state index in [0.29, 0.717) is 22.8 Å². The fraction of sp³-hybridized carbons (Fsp3) is 0.208. The first-order valence-corrected chi connectivity index (χ1v) is 12.4. The molecule has 3 heterocycles. The number of likely N-dealkylation sites (N-methyl/N-ethyl adjacent to an activating group) is 1. The van der Waals surface area contributed by atoms with Gasteiger partial charge < -0.3 is 10.2 Å². The number of aromatic nitrogens is 3. The second kappa shape index (κ2) is 9.80. The van der Waals surface area contributed by atoms with Gasteiger partial charge in [0.1, 0.15) is 5.69 Å². The van der Waals surface area contributed by atoms with E-state index in [1.54, 1.807) is 24.3 Å². The molecular formula is C24H22N6O2S2. The molecule has 0 radical (unpaired) electrons. The van der Waals surface area contributed by atoms with Crippen LogP contribution in [0.5, 0.6) is 0 Å². The second-order valence-electron chi connectivity index (χ2n) is 8.08. The van der Waals surface area contributed by atoms with Crippen molar-refractivity contribution in [2.24, 2.45) is 0 Å². The number of fused-ring (bicyclic) bond motifs is 1. The number of rotatable bonds is 6. The molecule has 1 aliphatic rings. The summed E-state index contributed by atoms with van der Waals surface area (Å²) in [7, 11) is 2.08. The molecule has 0 bridgehead atoms. The summed E-state index contributed by atoms with van der Waals surface area (Å²) in [4.78, 5) is 33.5. The Morgan fingerprint density at radius 3 is 2.74 bits per heavy atom. The van der Waals surface area contributed by atoms with Crippen molar-refractivity contribution in [2.75, 3.05) is 18.9 Å². The van der Waals surface area contributed by atoms with Crippen LogP contribution >= 0.6 is 22.9 Å². The third-order valence-corrected chi connectivity index (χ3v) is 7.07. The fourth-order valence-electron chi connectivity index (χ4n) is 3.76. The zero-order valence-electron chi connectivity index (χ0n) is 18.4. The van der Waals surface area contributed by atoms with E-state index in [4.69, 9.17) is 0 Å². The van der Waals surface area contributed by atoms with Gasteiger partial charge in [0.25, 0.3) is 11.8 Å². The first kappa shape index (κ1) is 22.3. The average Bonchev–Trinajstić information content (AvgIpc) is 3.52. The number of hydrogen-bond acceptors (Lipinski definition) is 8. The normalized spacial score (nSPS) is 13.3. The van der Waals surface area contributed by atoms with Crippen LogP contribution in [-0.2, 0) is 19.5 Å². The van der Waals surface area contributed by atoms with Crippen molar-refractivity contribution in [1.82, 2.24) is 24.8 Å². The number of hydrogen-bond donors (Lipinski definition) is 2. The van der Waals surface area contributed by atoms with E-state index in [1.165, 1.54) is 27.7 Å². The summed E-state index contributed by atoms with van der Waals surface area (Å²) < 4.78 is 3.87. The van der Waals surface area contributed by atoms with Gasteiger partial charge in [0.2, 0.25) is 0 Å². The van der Waals surface area contributed by atoms with Crippen LogP contribution in [0.25, 0.3) is 11.3 Å². The van der Waals surface area contributed by atoms with Crippen LogP contribution < -0.4 is 10.6 Å². The SMILES string of the molecule is CN1CCc2nc(NC(=O)c3cccc(CNC(=O)c4cccc(-c5csnn5)c4)c3)sc2C1. The van der Waals surface area contributed by atoms with Gasteiger partial charge in [0, 0.05) is 53.0 Å². The number of benzene rings is 2. The van der Waals surface area contributed by atoms with Crippen molar-refractivity contribution < 1.29 is 9.59 Å². The summed E-state index contributed by atoms with van der Waals surface area (Å²) in [5.41, 5.74) is 4.56. The molecule has 0 spiro atoms. The number of thiazole rings is 1. The maximum absolute atomic E-state index is 12.8. The first-order chi connectivity index (χ1) is 16.5. The smallest absolute Gasteiger partial charge is 0.257 e. The third kappa shape index (κ3) is 5.04. The molecule has 0 saturated heterocycles. The van der Waals surface area contributed by atoms with Gasteiger partial charge in [0.05, 0.1) is 5.69 Å². The van der Waals surface area contributed by atoms with Crippen LogP contribution in [0.3, 0.4) is 0 Å². The van der Waals surface area contributed by atoms with Gasteiger partial charge in [-0.1, -0.05) is 28.8 Å². The lowest BCUT2D eigenvalue weighted by atomic mass is 10.1. The largest absolute Gasteiger partial charge is 0.348 e. The molecular weight excluding hydrogens is 468 g/mol. The number of carbonyl (C=O) groups is 2. The Bertz CT molecular complexity index is 1340. The molecule has 2 aromatic heterocycles. The average molecular weight is 491 g/mol. The Morgan fingerprint density at radius 1 is 1.09 bits per heavy atom.